The van der Waals surface area contributed by atoms with Gasteiger partial charge in [0, 0.05) is 6.42 Å². The van der Waals surface area contributed by atoms with Crippen molar-refractivity contribution in [3.63, 3.8) is 0 Å². The van der Waals surface area contributed by atoms with Gasteiger partial charge in [-0.25, -0.2) is 0 Å². The second-order valence-electron chi connectivity index (χ2n) is 8.77. The zero-order chi connectivity index (χ0) is 21.6. The second kappa shape index (κ2) is 22.1. The average molecular weight is 414 g/mol. The number of carbonyl (C=O) groups excluding carboxylic acids is 1. The minimum Gasteiger partial charge on any atom is -0.394 e. The Morgan fingerprint density at radius 3 is 1.55 bits per heavy atom. The van der Waals surface area contributed by atoms with Crippen molar-refractivity contribution >= 4 is 5.91 Å². The highest BCUT2D eigenvalue weighted by Crippen LogP contribution is 2.13. The molecule has 0 saturated carbocycles. The summed E-state index contributed by atoms with van der Waals surface area (Å²) in [7, 11) is 0. The van der Waals surface area contributed by atoms with Crippen LogP contribution in [0.15, 0.2) is 0 Å². The number of rotatable bonds is 22. The van der Waals surface area contributed by atoms with E-state index in [0.29, 0.717) is 12.8 Å². The second-order valence-corrected chi connectivity index (χ2v) is 8.77. The van der Waals surface area contributed by atoms with Crippen LogP contribution in [0.3, 0.4) is 0 Å². The van der Waals surface area contributed by atoms with Crippen molar-refractivity contribution in [2.24, 2.45) is 0 Å². The van der Waals surface area contributed by atoms with Gasteiger partial charge < -0.3 is 15.5 Å². The van der Waals surface area contributed by atoms with Gasteiger partial charge in [-0.15, -0.1) is 0 Å². The van der Waals surface area contributed by atoms with Crippen LogP contribution in [0.1, 0.15) is 136 Å². The fourth-order valence-corrected chi connectivity index (χ4v) is 3.83. The first-order valence-electron chi connectivity index (χ1n) is 12.7. The van der Waals surface area contributed by atoms with Crippen molar-refractivity contribution in [1.82, 2.24) is 5.32 Å². The molecule has 2 unspecified atom stereocenters. The normalized spacial score (nSPS) is 13.4. The molecule has 0 saturated heterocycles. The van der Waals surface area contributed by atoms with Crippen LogP contribution in [0.2, 0.25) is 0 Å². The molecule has 0 aliphatic rings. The molecule has 1 amide bonds. The molecular weight excluding hydrogens is 362 g/mol. The summed E-state index contributed by atoms with van der Waals surface area (Å²) in [4.78, 5) is 12.1. The van der Waals surface area contributed by atoms with Crippen molar-refractivity contribution in [2.75, 3.05) is 6.61 Å². The van der Waals surface area contributed by atoms with E-state index in [2.05, 4.69) is 19.2 Å². The van der Waals surface area contributed by atoms with Gasteiger partial charge in [0.2, 0.25) is 5.91 Å². The molecule has 4 heteroatoms. The first kappa shape index (κ1) is 28.4. The highest BCUT2D eigenvalue weighted by Gasteiger charge is 2.19. The van der Waals surface area contributed by atoms with E-state index in [4.69, 9.17) is 0 Å². The molecule has 0 aromatic carbocycles. The molecule has 29 heavy (non-hydrogen) atoms. The topological polar surface area (TPSA) is 69.6 Å². The molecule has 2 atom stereocenters. The molecule has 4 nitrogen and oxygen atoms in total. The number of aliphatic hydroxyl groups excluding tert-OH is 2. The molecule has 0 rings (SSSR count). The zero-order valence-corrected chi connectivity index (χ0v) is 19.6. The number of amides is 1. The van der Waals surface area contributed by atoms with E-state index in [1.54, 1.807) is 0 Å². The monoisotopic (exact) mass is 413 g/mol. The van der Waals surface area contributed by atoms with Gasteiger partial charge >= 0.3 is 0 Å². The van der Waals surface area contributed by atoms with Crippen LogP contribution in [0, 0.1) is 0 Å². The van der Waals surface area contributed by atoms with Crippen molar-refractivity contribution in [2.45, 2.75) is 148 Å². The van der Waals surface area contributed by atoms with Crippen LogP contribution < -0.4 is 5.32 Å². The lowest BCUT2D eigenvalue weighted by Gasteiger charge is -2.22. The molecule has 0 radical (unpaired) electrons. The van der Waals surface area contributed by atoms with Gasteiger partial charge in [-0.2, -0.15) is 0 Å². The lowest BCUT2D eigenvalue weighted by molar-refractivity contribution is -0.123. The molecular formula is C25H51NO3. The fourth-order valence-electron chi connectivity index (χ4n) is 3.83. The summed E-state index contributed by atoms with van der Waals surface area (Å²) in [5, 5.41) is 22.6. The summed E-state index contributed by atoms with van der Waals surface area (Å²) >= 11 is 0. The predicted molar refractivity (Wildman–Crippen MR) is 124 cm³/mol. The van der Waals surface area contributed by atoms with Gasteiger partial charge in [0.15, 0.2) is 0 Å². The van der Waals surface area contributed by atoms with Crippen molar-refractivity contribution in [1.29, 1.82) is 0 Å². The molecule has 174 valence electrons. The predicted octanol–water partition coefficient (Wildman–Crippen LogP) is 6.28. The summed E-state index contributed by atoms with van der Waals surface area (Å²) in [5.74, 6) is -0.0419. The molecule has 0 spiro atoms. The minimum atomic E-state index is -0.646. The van der Waals surface area contributed by atoms with Crippen molar-refractivity contribution in [3.8, 4) is 0 Å². The standard InChI is InChI=1S/C25H51NO3/c1-3-5-7-9-11-12-13-15-16-18-20-24(28)23(22-27)26-25(29)21-19-17-14-10-8-6-4-2/h23-24,27-28H,3-22H2,1-2H3,(H,26,29). The van der Waals surface area contributed by atoms with E-state index in [0.717, 1.165) is 25.7 Å². The Bertz CT molecular complexity index is 349. The number of nitrogens with one attached hydrogen (secondary N) is 1. The zero-order valence-electron chi connectivity index (χ0n) is 19.6. The first-order chi connectivity index (χ1) is 14.2. The molecule has 0 aliphatic heterocycles. The fraction of sp³-hybridized carbons (Fsp3) is 0.960. The maximum Gasteiger partial charge on any atom is 0.220 e. The van der Waals surface area contributed by atoms with Crippen molar-refractivity contribution in [3.05, 3.63) is 0 Å². The molecule has 0 aromatic heterocycles. The van der Waals surface area contributed by atoms with Crippen molar-refractivity contribution < 1.29 is 15.0 Å². The Labute approximate surface area is 181 Å². The van der Waals surface area contributed by atoms with Gasteiger partial charge in [0.05, 0.1) is 18.8 Å². The summed E-state index contributed by atoms with van der Waals surface area (Å²) in [6.07, 6.45) is 21.4. The molecule has 0 bridgehead atoms. The van der Waals surface area contributed by atoms with Gasteiger partial charge in [0.1, 0.15) is 0 Å². The van der Waals surface area contributed by atoms with Gasteiger partial charge in [-0.1, -0.05) is 117 Å². The third kappa shape index (κ3) is 19.1. The van der Waals surface area contributed by atoms with Crippen LogP contribution in [0.25, 0.3) is 0 Å². The van der Waals surface area contributed by atoms with Crippen LogP contribution in [0.5, 0.6) is 0 Å². The van der Waals surface area contributed by atoms with Crippen LogP contribution in [-0.4, -0.2) is 34.9 Å². The first-order valence-corrected chi connectivity index (χ1v) is 12.7. The Morgan fingerprint density at radius 1 is 0.690 bits per heavy atom. The molecule has 3 N–H and O–H groups in total. The third-order valence-corrected chi connectivity index (χ3v) is 5.87. The number of hydrogen-bond donors (Lipinski definition) is 3. The summed E-state index contributed by atoms with van der Waals surface area (Å²) < 4.78 is 0. The van der Waals surface area contributed by atoms with E-state index < -0.39 is 12.1 Å². The maximum atomic E-state index is 12.1. The van der Waals surface area contributed by atoms with Gasteiger partial charge in [0.25, 0.3) is 0 Å². The number of carbonyl (C=O) groups is 1. The van der Waals surface area contributed by atoms with E-state index in [-0.39, 0.29) is 12.5 Å². The van der Waals surface area contributed by atoms with Gasteiger partial charge in [-0.3, -0.25) is 4.79 Å². The number of hydrogen-bond acceptors (Lipinski definition) is 3. The average Bonchev–Trinajstić information content (AvgIpc) is 2.72. The Balaban J connectivity index is 3.65. The molecule has 0 fully saturated rings. The quantitative estimate of drug-likeness (QED) is 0.183. The minimum absolute atomic E-state index is 0.0419. The highest BCUT2D eigenvalue weighted by atomic mass is 16.3. The summed E-state index contributed by atoms with van der Waals surface area (Å²) in [5.41, 5.74) is 0. The number of aliphatic hydroxyl groups is 2. The van der Waals surface area contributed by atoms with Gasteiger partial charge in [-0.05, 0) is 12.8 Å². The largest absolute Gasteiger partial charge is 0.394 e. The SMILES string of the molecule is CCCCCCCCCCCCC(O)C(CO)NC(=O)CCCCCCCCC. The van der Waals surface area contributed by atoms with Crippen LogP contribution in [-0.2, 0) is 4.79 Å². The molecule has 0 aromatic rings. The smallest absolute Gasteiger partial charge is 0.220 e. The van der Waals surface area contributed by atoms with E-state index >= 15 is 0 Å². The Kier molecular flexibility index (Phi) is 21.6. The number of unbranched alkanes of at least 4 members (excludes halogenated alkanes) is 15. The highest BCUT2D eigenvalue weighted by molar-refractivity contribution is 5.76. The molecule has 0 aliphatic carbocycles. The lowest BCUT2D eigenvalue weighted by Crippen LogP contribution is -2.45. The molecule has 0 heterocycles. The summed E-state index contributed by atoms with van der Waals surface area (Å²) in [6, 6.07) is -0.523. The lowest BCUT2D eigenvalue weighted by atomic mass is 10.0. The maximum absolute atomic E-state index is 12.1. The van der Waals surface area contributed by atoms with E-state index in [1.165, 1.54) is 83.5 Å². The van der Waals surface area contributed by atoms with Crippen LogP contribution >= 0.6 is 0 Å². The summed E-state index contributed by atoms with van der Waals surface area (Å²) in [6.45, 7) is 4.27. The Hall–Kier alpha value is -0.610. The van der Waals surface area contributed by atoms with E-state index in [1.807, 2.05) is 0 Å². The van der Waals surface area contributed by atoms with E-state index in [9.17, 15) is 15.0 Å². The third-order valence-electron chi connectivity index (χ3n) is 5.87. The Morgan fingerprint density at radius 2 is 1.10 bits per heavy atom. The van der Waals surface area contributed by atoms with Crippen LogP contribution in [0.4, 0.5) is 0 Å².